The number of aromatic nitrogens is 2. The van der Waals surface area contributed by atoms with E-state index in [0.717, 1.165) is 17.5 Å². The van der Waals surface area contributed by atoms with Crippen molar-refractivity contribution in [2.24, 2.45) is 5.92 Å². The van der Waals surface area contributed by atoms with Gasteiger partial charge in [-0.25, -0.2) is 0 Å². The molecule has 0 aromatic carbocycles. The lowest BCUT2D eigenvalue weighted by Gasteiger charge is -2.23. The number of ether oxygens (including phenoxy) is 1. The van der Waals surface area contributed by atoms with Gasteiger partial charge in [0, 0.05) is 44.5 Å². The van der Waals surface area contributed by atoms with E-state index in [2.05, 4.69) is 9.97 Å². The zero-order valence-electron chi connectivity index (χ0n) is 13.3. The molecule has 2 aromatic rings. The lowest BCUT2D eigenvalue weighted by molar-refractivity contribution is -0.134. The van der Waals surface area contributed by atoms with Gasteiger partial charge in [0.2, 0.25) is 5.91 Å². The Bertz CT molecular complexity index is 592. The lowest BCUT2D eigenvalue weighted by atomic mass is 10.2. The molecular formula is C18H21N3O2. The first-order valence-corrected chi connectivity index (χ1v) is 7.96. The van der Waals surface area contributed by atoms with Crippen molar-refractivity contribution in [2.45, 2.75) is 32.5 Å². The van der Waals surface area contributed by atoms with Crippen molar-refractivity contribution in [2.75, 3.05) is 6.61 Å². The Morgan fingerprint density at radius 2 is 1.96 bits per heavy atom. The van der Waals surface area contributed by atoms with Gasteiger partial charge in [-0.15, -0.1) is 0 Å². The van der Waals surface area contributed by atoms with Crippen molar-refractivity contribution in [1.29, 1.82) is 0 Å². The second kappa shape index (κ2) is 7.33. The molecule has 0 saturated heterocycles. The van der Waals surface area contributed by atoms with Crippen LogP contribution in [0.3, 0.4) is 0 Å². The average molecular weight is 311 g/mol. The maximum Gasteiger partial charge on any atom is 0.229 e. The van der Waals surface area contributed by atoms with Crippen LogP contribution in [0, 0.1) is 5.92 Å². The molecule has 0 spiro atoms. The second-order valence-corrected chi connectivity index (χ2v) is 5.75. The molecule has 0 unspecified atom stereocenters. The molecule has 0 N–H and O–H groups in total. The smallest absolute Gasteiger partial charge is 0.229 e. The van der Waals surface area contributed by atoms with Crippen LogP contribution in [0.25, 0.3) is 0 Å². The summed E-state index contributed by atoms with van der Waals surface area (Å²) >= 11 is 0. The zero-order chi connectivity index (χ0) is 16.1. The van der Waals surface area contributed by atoms with Gasteiger partial charge in [0.15, 0.2) is 0 Å². The number of pyridine rings is 2. The summed E-state index contributed by atoms with van der Waals surface area (Å²) in [6.45, 7) is 3.75. The second-order valence-electron chi connectivity index (χ2n) is 5.75. The molecule has 2 aromatic heterocycles. The summed E-state index contributed by atoms with van der Waals surface area (Å²) in [5, 5.41) is 0. The van der Waals surface area contributed by atoms with Crippen molar-refractivity contribution in [1.82, 2.24) is 14.9 Å². The normalized spacial score (nSPS) is 19.3. The van der Waals surface area contributed by atoms with Crippen LogP contribution < -0.4 is 0 Å². The molecule has 1 aliphatic carbocycles. The Kier molecular flexibility index (Phi) is 4.98. The van der Waals surface area contributed by atoms with E-state index < -0.39 is 0 Å². The van der Waals surface area contributed by atoms with Crippen LogP contribution in [0.2, 0.25) is 0 Å². The van der Waals surface area contributed by atoms with Gasteiger partial charge in [0.1, 0.15) is 0 Å². The number of hydrogen-bond donors (Lipinski definition) is 0. The molecule has 2 heterocycles. The first kappa shape index (κ1) is 15.6. The molecule has 1 amide bonds. The SMILES string of the molecule is CCO[C@H]1C[C@@H]1C(=O)N(Cc1ccncc1)Cc1cccnc1. The van der Waals surface area contributed by atoms with E-state index in [1.165, 1.54) is 0 Å². The van der Waals surface area contributed by atoms with E-state index >= 15 is 0 Å². The van der Waals surface area contributed by atoms with Gasteiger partial charge in [-0.3, -0.25) is 14.8 Å². The molecule has 1 aliphatic rings. The van der Waals surface area contributed by atoms with Crippen LogP contribution in [-0.4, -0.2) is 33.5 Å². The Labute approximate surface area is 136 Å². The predicted molar refractivity (Wildman–Crippen MR) is 86.2 cm³/mol. The first-order chi connectivity index (χ1) is 11.3. The third-order valence-corrected chi connectivity index (χ3v) is 3.96. The molecule has 3 rings (SSSR count). The van der Waals surface area contributed by atoms with Crippen LogP contribution in [0.4, 0.5) is 0 Å². The predicted octanol–water partition coefficient (Wildman–Crippen LogP) is 2.43. The van der Waals surface area contributed by atoms with Crippen LogP contribution in [0.15, 0.2) is 49.1 Å². The van der Waals surface area contributed by atoms with E-state index in [0.29, 0.717) is 19.7 Å². The zero-order valence-corrected chi connectivity index (χ0v) is 13.3. The van der Waals surface area contributed by atoms with Crippen LogP contribution in [0.1, 0.15) is 24.5 Å². The van der Waals surface area contributed by atoms with Gasteiger partial charge < -0.3 is 9.64 Å². The van der Waals surface area contributed by atoms with E-state index in [1.54, 1.807) is 24.8 Å². The van der Waals surface area contributed by atoms with Gasteiger partial charge in [-0.05, 0) is 42.7 Å². The van der Waals surface area contributed by atoms with Crippen LogP contribution in [-0.2, 0) is 22.6 Å². The standard InChI is InChI=1S/C18H21N3O2/c1-2-23-17-10-16(17)18(22)21(12-14-5-8-19-9-6-14)13-15-4-3-7-20-11-15/h3-9,11,16-17H,2,10,12-13H2,1H3/t16-,17-/m0/s1. The molecule has 120 valence electrons. The van der Waals surface area contributed by atoms with E-state index in [4.69, 9.17) is 4.74 Å². The maximum absolute atomic E-state index is 12.8. The van der Waals surface area contributed by atoms with Crippen molar-refractivity contribution in [3.63, 3.8) is 0 Å². The van der Waals surface area contributed by atoms with Gasteiger partial charge in [0.25, 0.3) is 0 Å². The Morgan fingerprint density at radius 1 is 1.17 bits per heavy atom. The largest absolute Gasteiger partial charge is 0.378 e. The molecule has 0 radical (unpaired) electrons. The van der Waals surface area contributed by atoms with Crippen LogP contribution in [0.5, 0.6) is 0 Å². The fraction of sp³-hybridized carbons (Fsp3) is 0.389. The molecule has 1 saturated carbocycles. The summed E-state index contributed by atoms with van der Waals surface area (Å²) < 4.78 is 5.57. The summed E-state index contributed by atoms with van der Waals surface area (Å²) in [5.74, 6) is 0.151. The summed E-state index contributed by atoms with van der Waals surface area (Å²) in [4.78, 5) is 22.9. The highest BCUT2D eigenvalue weighted by Crippen LogP contribution is 2.36. The minimum atomic E-state index is -0.00606. The topological polar surface area (TPSA) is 55.3 Å². The minimum absolute atomic E-state index is 0.00606. The molecular weight excluding hydrogens is 290 g/mol. The molecule has 0 bridgehead atoms. The lowest BCUT2D eigenvalue weighted by Crippen LogP contribution is -2.32. The summed E-state index contributed by atoms with van der Waals surface area (Å²) in [5.41, 5.74) is 2.11. The number of carbonyl (C=O) groups is 1. The highest BCUT2D eigenvalue weighted by molar-refractivity contribution is 5.82. The van der Waals surface area contributed by atoms with Crippen molar-refractivity contribution in [3.8, 4) is 0 Å². The quantitative estimate of drug-likeness (QED) is 0.788. The number of nitrogens with zero attached hydrogens (tertiary/aromatic N) is 3. The molecule has 5 heteroatoms. The van der Waals surface area contributed by atoms with Gasteiger partial charge in [-0.1, -0.05) is 6.07 Å². The number of carbonyl (C=O) groups excluding carboxylic acids is 1. The molecule has 0 aliphatic heterocycles. The summed E-state index contributed by atoms with van der Waals surface area (Å²) in [6, 6.07) is 7.77. The van der Waals surface area contributed by atoms with E-state index in [-0.39, 0.29) is 17.9 Å². The monoisotopic (exact) mass is 311 g/mol. The van der Waals surface area contributed by atoms with E-state index in [1.807, 2.05) is 36.1 Å². The molecule has 5 nitrogen and oxygen atoms in total. The number of rotatable bonds is 7. The molecule has 23 heavy (non-hydrogen) atoms. The van der Waals surface area contributed by atoms with Crippen molar-refractivity contribution < 1.29 is 9.53 Å². The van der Waals surface area contributed by atoms with Crippen molar-refractivity contribution >= 4 is 5.91 Å². The summed E-state index contributed by atoms with van der Waals surface area (Å²) in [7, 11) is 0. The fourth-order valence-corrected chi connectivity index (χ4v) is 2.70. The number of hydrogen-bond acceptors (Lipinski definition) is 4. The van der Waals surface area contributed by atoms with Gasteiger partial charge >= 0.3 is 0 Å². The Hall–Kier alpha value is -2.27. The average Bonchev–Trinajstić information content (AvgIpc) is 3.35. The highest BCUT2D eigenvalue weighted by Gasteiger charge is 2.45. The minimum Gasteiger partial charge on any atom is -0.378 e. The summed E-state index contributed by atoms with van der Waals surface area (Å²) in [6.07, 6.45) is 7.96. The Morgan fingerprint density at radius 3 is 2.65 bits per heavy atom. The maximum atomic E-state index is 12.8. The van der Waals surface area contributed by atoms with E-state index in [9.17, 15) is 4.79 Å². The molecule has 1 fully saturated rings. The van der Waals surface area contributed by atoms with Gasteiger partial charge in [0.05, 0.1) is 12.0 Å². The Balaban J connectivity index is 1.72. The number of amides is 1. The first-order valence-electron chi connectivity index (χ1n) is 7.96. The van der Waals surface area contributed by atoms with Crippen molar-refractivity contribution in [3.05, 3.63) is 60.2 Å². The third-order valence-electron chi connectivity index (χ3n) is 3.96. The highest BCUT2D eigenvalue weighted by atomic mass is 16.5. The van der Waals surface area contributed by atoms with Gasteiger partial charge in [-0.2, -0.15) is 0 Å². The molecule has 2 atom stereocenters. The third kappa shape index (κ3) is 4.13. The fourth-order valence-electron chi connectivity index (χ4n) is 2.70. The van der Waals surface area contributed by atoms with Crippen LogP contribution >= 0.6 is 0 Å².